The van der Waals surface area contributed by atoms with E-state index in [1.165, 1.54) is 28.6 Å². The summed E-state index contributed by atoms with van der Waals surface area (Å²) in [6.45, 7) is 3.09. The van der Waals surface area contributed by atoms with Crippen LogP contribution in [0.15, 0.2) is 34.1 Å². The standard InChI is InChI=1S/C17H26N2O4S2/c1-14-5-4-12-19(13-14)25(22,23)17-10-8-16(9-11-17)24(20,21)18-15-6-2-3-7-15/h8-11,14-15,18H,2-7,12-13H2,1H3. The molecule has 1 heterocycles. The summed E-state index contributed by atoms with van der Waals surface area (Å²) in [5.74, 6) is 0.346. The van der Waals surface area contributed by atoms with E-state index >= 15 is 0 Å². The summed E-state index contributed by atoms with van der Waals surface area (Å²) in [6.07, 6.45) is 5.70. The molecule has 1 aliphatic carbocycles. The molecule has 25 heavy (non-hydrogen) atoms. The third-order valence-corrected chi connectivity index (χ3v) is 8.48. The lowest BCUT2D eigenvalue weighted by atomic mass is 10.0. The number of piperidine rings is 1. The number of nitrogens with zero attached hydrogens (tertiary/aromatic N) is 1. The summed E-state index contributed by atoms with van der Waals surface area (Å²) in [5.41, 5.74) is 0. The Balaban J connectivity index is 1.77. The van der Waals surface area contributed by atoms with Gasteiger partial charge in [-0.1, -0.05) is 19.8 Å². The van der Waals surface area contributed by atoms with Crippen molar-refractivity contribution in [2.45, 2.75) is 61.3 Å². The second kappa shape index (κ2) is 7.34. The van der Waals surface area contributed by atoms with E-state index in [-0.39, 0.29) is 15.8 Å². The molecule has 1 unspecified atom stereocenters. The second-order valence-corrected chi connectivity index (χ2v) is 10.8. The average molecular weight is 387 g/mol. The topological polar surface area (TPSA) is 83.6 Å². The van der Waals surface area contributed by atoms with Crippen LogP contribution < -0.4 is 4.72 Å². The number of sulfonamides is 2. The fraction of sp³-hybridized carbons (Fsp3) is 0.647. The normalized spacial score (nSPS) is 23.8. The molecule has 1 aromatic carbocycles. The van der Waals surface area contributed by atoms with Gasteiger partial charge in [-0.25, -0.2) is 21.6 Å². The maximum absolute atomic E-state index is 12.7. The zero-order valence-electron chi connectivity index (χ0n) is 14.5. The number of hydrogen-bond acceptors (Lipinski definition) is 4. The van der Waals surface area contributed by atoms with Crippen molar-refractivity contribution >= 4 is 20.0 Å². The molecular weight excluding hydrogens is 360 g/mol. The lowest BCUT2D eigenvalue weighted by molar-refractivity contribution is 0.281. The van der Waals surface area contributed by atoms with Crippen LogP contribution in [0.4, 0.5) is 0 Å². The molecular formula is C17H26N2O4S2. The largest absolute Gasteiger partial charge is 0.243 e. The molecule has 0 aromatic heterocycles. The minimum Gasteiger partial charge on any atom is -0.208 e. The molecule has 0 radical (unpaired) electrons. The molecule has 0 amide bonds. The van der Waals surface area contributed by atoms with E-state index in [0.717, 1.165) is 38.5 Å². The Morgan fingerprint density at radius 2 is 1.52 bits per heavy atom. The third-order valence-electron chi connectivity index (χ3n) is 5.07. The fourth-order valence-corrected chi connectivity index (χ4v) is 6.54. The van der Waals surface area contributed by atoms with Crippen molar-refractivity contribution in [1.29, 1.82) is 0 Å². The minimum absolute atomic E-state index is 0.0109. The second-order valence-electron chi connectivity index (χ2n) is 7.18. The molecule has 1 saturated heterocycles. The summed E-state index contributed by atoms with van der Waals surface area (Å²) >= 11 is 0. The molecule has 0 bridgehead atoms. The van der Waals surface area contributed by atoms with E-state index in [9.17, 15) is 16.8 Å². The third kappa shape index (κ3) is 4.24. The Kier molecular flexibility index (Phi) is 5.53. The Hall–Kier alpha value is -0.960. The highest BCUT2D eigenvalue weighted by molar-refractivity contribution is 7.89. The number of rotatable bonds is 5. The first-order valence-corrected chi connectivity index (χ1v) is 11.8. The van der Waals surface area contributed by atoms with Gasteiger partial charge in [0.2, 0.25) is 20.0 Å². The number of benzene rings is 1. The van der Waals surface area contributed by atoms with Crippen molar-refractivity contribution in [3.05, 3.63) is 24.3 Å². The molecule has 1 aromatic rings. The first-order valence-electron chi connectivity index (χ1n) is 8.91. The molecule has 8 heteroatoms. The van der Waals surface area contributed by atoms with Crippen LogP contribution >= 0.6 is 0 Å². The monoisotopic (exact) mass is 386 g/mol. The van der Waals surface area contributed by atoms with E-state index in [1.807, 2.05) is 6.92 Å². The Labute approximate surface area is 150 Å². The lowest BCUT2D eigenvalue weighted by Crippen LogP contribution is -2.39. The van der Waals surface area contributed by atoms with Gasteiger partial charge in [0, 0.05) is 19.1 Å². The average Bonchev–Trinajstić information content (AvgIpc) is 3.07. The zero-order valence-corrected chi connectivity index (χ0v) is 16.2. The smallest absolute Gasteiger partial charge is 0.208 e. The van der Waals surface area contributed by atoms with Crippen LogP contribution in [-0.2, 0) is 20.0 Å². The van der Waals surface area contributed by atoms with Gasteiger partial charge in [0.1, 0.15) is 0 Å². The highest BCUT2D eigenvalue weighted by atomic mass is 32.2. The van der Waals surface area contributed by atoms with Gasteiger partial charge in [-0.2, -0.15) is 4.31 Å². The van der Waals surface area contributed by atoms with Crippen LogP contribution in [-0.4, -0.2) is 40.3 Å². The van der Waals surface area contributed by atoms with Crippen LogP contribution in [0.5, 0.6) is 0 Å². The molecule has 6 nitrogen and oxygen atoms in total. The van der Waals surface area contributed by atoms with Crippen LogP contribution in [0, 0.1) is 5.92 Å². The van der Waals surface area contributed by atoms with Gasteiger partial charge in [0.05, 0.1) is 9.79 Å². The van der Waals surface area contributed by atoms with Gasteiger partial charge in [-0.15, -0.1) is 0 Å². The zero-order chi connectivity index (χ0) is 18.1. The van der Waals surface area contributed by atoms with Crippen molar-refractivity contribution in [2.75, 3.05) is 13.1 Å². The van der Waals surface area contributed by atoms with E-state index in [2.05, 4.69) is 4.72 Å². The van der Waals surface area contributed by atoms with Gasteiger partial charge in [0.25, 0.3) is 0 Å². The molecule has 2 aliphatic rings. The van der Waals surface area contributed by atoms with Crippen LogP contribution in [0.3, 0.4) is 0 Å². The van der Waals surface area contributed by atoms with Crippen LogP contribution in [0.2, 0.25) is 0 Å². The predicted molar refractivity (Wildman–Crippen MR) is 96.2 cm³/mol. The van der Waals surface area contributed by atoms with Crippen LogP contribution in [0.1, 0.15) is 45.4 Å². The summed E-state index contributed by atoms with van der Waals surface area (Å²) < 4.78 is 54.5. The summed E-state index contributed by atoms with van der Waals surface area (Å²) in [6, 6.07) is 5.56. The highest BCUT2D eigenvalue weighted by Gasteiger charge is 2.29. The molecule has 1 atom stereocenters. The summed E-state index contributed by atoms with van der Waals surface area (Å²) in [7, 11) is -7.16. The van der Waals surface area contributed by atoms with Crippen molar-refractivity contribution in [1.82, 2.24) is 9.03 Å². The van der Waals surface area contributed by atoms with Gasteiger partial charge in [0.15, 0.2) is 0 Å². The van der Waals surface area contributed by atoms with Crippen molar-refractivity contribution in [3.63, 3.8) is 0 Å². The van der Waals surface area contributed by atoms with Gasteiger partial charge >= 0.3 is 0 Å². The van der Waals surface area contributed by atoms with E-state index in [0.29, 0.717) is 19.0 Å². The Bertz CT molecular complexity index is 798. The van der Waals surface area contributed by atoms with Crippen molar-refractivity contribution < 1.29 is 16.8 Å². The molecule has 3 rings (SSSR count). The van der Waals surface area contributed by atoms with Gasteiger partial charge in [-0.3, -0.25) is 0 Å². The maximum Gasteiger partial charge on any atom is 0.243 e. The number of nitrogens with one attached hydrogen (secondary N) is 1. The highest BCUT2D eigenvalue weighted by Crippen LogP contribution is 2.25. The molecule has 0 spiro atoms. The van der Waals surface area contributed by atoms with E-state index < -0.39 is 20.0 Å². The summed E-state index contributed by atoms with van der Waals surface area (Å²) in [4.78, 5) is 0.270. The Morgan fingerprint density at radius 1 is 0.920 bits per heavy atom. The van der Waals surface area contributed by atoms with Crippen molar-refractivity contribution in [2.24, 2.45) is 5.92 Å². The van der Waals surface area contributed by atoms with Crippen LogP contribution in [0.25, 0.3) is 0 Å². The SMILES string of the molecule is CC1CCCN(S(=O)(=O)c2ccc(S(=O)(=O)NC3CCCC3)cc2)C1. The minimum atomic E-state index is -3.60. The predicted octanol–water partition coefficient (Wildman–Crippen LogP) is 2.33. The first-order chi connectivity index (χ1) is 11.8. The molecule has 1 aliphatic heterocycles. The number of hydrogen-bond donors (Lipinski definition) is 1. The Morgan fingerprint density at radius 3 is 2.12 bits per heavy atom. The van der Waals surface area contributed by atoms with Gasteiger partial charge in [-0.05, 0) is 55.9 Å². The summed E-state index contributed by atoms with van der Waals surface area (Å²) in [5, 5.41) is 0. The molecule has 2 fully saturated rings. The van der Waals surface area contributed by atoms with E-state index in [1.54, 1.807) is 0 Å². The van der Waals surface area contributed by atoms with Gasteiger partial charge < -0.3 is 0 Å². The maximum atomic E-state index is 12.7. The lowest BCUT2D eigenvalue weighted by Gasteiger charge is -2.30. The molecule has 1 N–H and O–H groups in total. The fourth-order valence-electron chi connectivity index (χ4n) is 3.64. The quantitative estimate of drug-likeness (QED) is 0.842. The molecule has 140 valence electrons. The van der Waals surface area contributed by atoms with E-state index in [4.69, 9.17) is 0 Å². The van der Waals surface area contributed by atoms with Crippen molar-refractivity contribution in [3.8, 4) is 0 Å². The first kappa shape index (κ1) is 18.8. The molecule has 1 saturated carbocycles.